The highest BCUT2D eigenvalue weighted by Crippen LogP contribution is 2.32. The second kappa shape index (κ2) is 6.41. The average molecular weight is 315 g/mol. The van der Waals surface area contributed by atoms with Crippen molar-refractivity contribution in [1.82, 2.24) is 4.90 Å². The number of halogens is 1. The summed E-state index contributed by atoms with van der Waals surface area (Å²) in [5, 5.41) is 3.70. The summed E-state index contributed by atoms with van der Waals surface area (Å²) in [5.41, 5.74) is 3.15. The second-order valence-electron chi connectivity index (χ2n) is 5.70. The van der Waals surface area contributed by atoms with E-state index in [2.05, 4.69) is 5.32 Å². The Kier molecular flexibility index (Phi) is 4.34. The third kappa shape index (κ3) is 3.25. The van der Waals surface area contributed by atoms with Gasteiger partial charge in [-0.05, 0) is 49.6 Å². The van der Waals surface area contributed by atoms with Gasteiger partial charge in [0.15, 0.2) is 0 Å². The first kappa shape index (κ1) is 14.9. The second-order valence-corrected chi connectivity index (χ2v) is 6.14. The summed E-state index contributed by atoms with van der Waals surface area (Å²) in [6, 6.07) is 15.7. The minimum absolute atomic E-state index is 0.0405. The van der Waals surface area contributed by atoms with Gasteiger partial charge < -0.3 is 10.2 Å². The molecule has 0 aromatic heterocycles. The number of nitrogens with zero attached hydrogens (tertiary/aromatic N) is 1. The Labute approximate surface area is 135 Å². The van der Waals surface area contributed by atoms with Crippen molar-refractivity contribution < 1.29 is 4.79 Å². The third-order valence-corrected chi connectivity index (χ3v) is 4.32. The van der Waals surface area contributed by atoms with Crippen LogP contribution in [0.15, 0.2) is 48.5 Å². The van der Waals surface area contributed by atoms with Gasteiger partial charge in [-0.2, -0.15) is 0 Å². The van der Waals surface area contributed by atoms with Crippen LogP contribution in [0.5, 0.6) is 0 Å². The van der Waals surface area contributed by atoms with E-state index in [-0.39, 0.29) is 12.1 Å². The van der Waals surface area contributed by atoms with E-state index in [9.17, 15) is 4.79 Å². The number of hydrogen-bond acceptors (Lipinski definition) is 1. The Morgan fingerprint density at radius 1 is 1.14 bits per heavy atom. The molecular formula is C18H19ClN2O. The maximum absolute atomic E-state index is 12.5. The summed E-state index contributed by atoms with van der Waals surface area (Å²) in [6.45, 7) is 2.81. The molecule has 0 unspecified atom stereocenters. The summed E-state index contributed by atoms with van der Waals surface area (Å²) >= 11 is 5.94. The molecule has 1 fully saturated rings. The van der Waals surface area contributed by atoms with Gasteiger partial charge in [0.1, 0.15) is 0 Å². The summed E-state index contributed by atoms with van der Waals surface area (Å²) in [4.78, 5) is 14.4. The van der Waals surface area contributed by atoms with E-state index >= 15 is 0 Å². The van der Waals surface area contributed by atoms with Gasteiger partial charge in [0, 0.05) is 17.3 Å². The average Bonchev–Trinajstić information content (AvgIpc) is 3.00. The fourth-order valence-electron chi connectivity index (χ4n) is 2.87. The van der Waals surface area contributed by atoms with Gasteiger partial charge in [0.2, 0.25) is 0 Å². The number of urea groups is 1. The molecule has 1 heterocycles. The number of carbonyl (C=O) groups excluding carboxylic acids is 1. The lowest BCUT2D eigenvalue weighted by molar-refractivity contribution is 0.207. The van der Waals surface area contributed by atoms with Gasteiger partial charge in [-0.1, -0.05) is 41.4 Å². The van der Waals surface area contributed by atoms with Gasteiger partial charge in [0.25, 0.3) is 0 Å². The predicted molar refractivity (Wildman–Crippen MR) is 90.3 cm³/mol. The molecule has 0 radical (unpaired) electrons. The van der Waals surface area contributed by atoms with Crippen LogP contribution in [0, 0.1) is 6.92 Å². The molecule has 22 heavy (non-hydrogen) atoms. The largest absolute Gasteiger partial charge is 0.322 e. The minimum atomic E-state index is -0.0405. The summed E-state index contributed by atoms with van der Waals surface area (Å²) < 4.78 is 0. The van der Waals surface area contributed by atoms with Crippen LogP contribution in [0.1, 0.15) is 30.0 Å². The van der Waals surface area contributed by atoms with Gasteiger partial charge in [-0.25, -0.2) is 4.79 Å². The molecule has 0 spiro atoms. The lowest BCUT2D eigenvalue weighted by Crippen LogP contribution is -2.34. The SMILES string of the molecule is Cc1ccc(NC(=O)N2CCC[C@@H]2c2ccc(Cl)cc2)cc1. The summed E-state index contributed by atoms with van der Waals surface area (Å²) in [6.07, 6.45) is 2.01. The van der Waals surface area contributed by atoms with Gasteiger partial charge in [-0.3, -0.25) is 0 Å². The number of amides is 2. The van der Waals surface area contributed by atoms with E-state index in [0.29, 0.717) is 0 Å². The van der Waals surface area contributed by atoms with Crippen molar-refractivity contribution in [2.75, 3.05) is 11.9 Å². The third-order valence-electron chi connectivity index (χ3n) is 4.07. The Morgan fingerprint density at radius 2 is 1.82 bits per heavy atom. The molecule has 3 rings (SSSR count). The maximum atomic E-state index is 12.5. The molecule has 1 aliphatic rings. The molecule has 0 aliphatic carbocycles. The minimum Gasteiger partial charge on any atom is -0.317 e. The smallest absolute Gasteiger partial charge is 0.317 e. The van der Waals surface area contributed by atoms with Gasteiger partial charge in [-0.15, -0.1) is 0 Å². The molecule has 0 saturated carbocycles. The molecule has 1 N–H and O–H groups in total. The standard InChI is InChI=1S/C18H19ClN2O/c1-13-4-10-16(11-5-13)20-18(22)21-12-2-3-17(21)14-6-8-15(19)9-7-14/h4-11,17H,2-3,12H2,1H3,(H,20,22)/t17-/m1/s1. The highest BCUT2D eigenvalue weighted by molar-refractivity contribution is 6.30. The highest BCUT2D eigenvalue weighted by atomic mass is 35.5. The zero-order valence-corrected chi connectivity index (χ0v) is 13.3. The zero-order chi connectivity index (χ0) is 15.5. The first-order chi connectivity index (χ1) is 10.6. The van der Waals surface area contributed by atoms with Crippen molar-refractivity contribution in [3.8, 4) is 0 Å². The molecular weight excluding hydrogens is 296 g/mol. The fourth-order valence-corrected chi connectivity index (χ4v) is 3.00. The van der Waals surface area contributed by atoms with Crippen molar-refractivity contribution in [1.29, 1.82) is 0 Å². The molecule has 2 amide bonds. The van der Waals surface area contributed by atoms with Crippen LogP contribution in [-0.2, 0) is 0 Å². The van der Waals surface area contributed by atoms with Crippen LogP contribution in [0.25, 0.3) is 0 Å². The normalized spacial score (nSPS) is 17.5. The molecule has 3 nitrogen and oxygen atoms in total. The number of hydrogen-bond donors (Lipinski definition) is 1. The van der Waals surface area contributed by atoms with Crippen molar-refractivity contribution in [3.05, 3.63) is 64.7 Å². The number of carbonyl (C=O) groups is 1. The van der Waals surface area contributed by atoms with Crippen LogP contribution < -0.4 is 5.32 Å². The Morgan fingerprint density at radius 3 is 2.50 bits per heavy atom. The lowest BCUT2D eigenvalue weighted by Gasteiger charge is -2.25. The maximum Gasteiger partial charge on any atom is 0.322 e. The van der Waals surface area contributed by atoms with Crippen molar-refractivity contribution in [2.24, 2.45) is 0 Å². The lowest BCUT2D eigenvalue weighted by atomic mass is 10.1. The van der Waals surface area contributed by atoms with Crippen LogP contribution in [0.2, 0.25) is 5.02 Å². The summed E-state index contributed by atoms with van der Waals surface area (Å²) in [5.74, 6) is 0. The van der Waals surface area contributed by atoms with Crippen LogP contribution in [-0.4, -0.2) is 17.5 Å². The molecule has 114 valence electrons. The Balaban J connectivity index is 1.73. The molecule has 1 saturated heterocycles. The number of aryl methyl sites for hydroxylation is 1. The van der Waals surface area contributed by atoms with Crippen LogP contribution in [0.3, 0.4) is 0 Å². The molecule has 1 atom stereocenters. The molecule has 1 aliphatic heterocycles. The molecule has 2 aromatic rings. The van der Waals surface area contributed by atoms with Crippen LogP contribution >= 0.6 is 11.6 Å². The van der Waals surface area contributed by atoms with Crippen molar-refractivity contribution in [3.63, 3.8) is 0 Å². The van der Waals surface area contributed by atoms with E-state index in [1.165, 1.54) is 5.56 Å². The molecule has 0 bridgehead atoms. The Hall–Kier alpha value is -2.00. The van der Waals surface area contributed by atoms with Gasteiger partial charge >= 0.3 is 6.03 Å². The van der Waals surface area contributed by atoms with E-state index in [1.807, 2.05) is 60.4 Å². The number of benzene rings is 2. The van der Waals surface area contributed by atoms with E-state index in [0.717, 1.165) is 35.7 Å². The number of likely N-dealkylation sites (tertiary alicyclic amines) is 1. The van der Waals surface area contributed by atoms with Crippen molar-refractivity contribution in [2.45, 2.75) is 25.8 Å². The molecule has 2 aromatic carbocycles. The topological polar surface area (TPSA) is 32.3 Å². The van der Waals surface area contributed by atoms with Crippen molar-refractivity contribution >= 4 is 23.3 Å². The van der Waals surface area contributed by atoms with E-state index in [4.69, 9.17) is 11.6 Å². The first-order valence-electron chi connectivity index (χ1n) is 7.53. The van der Waals surface area contributed by atoms with Crippen LogP contribution in [0.4, 0.5) is 10.5 Å². The zero-order valence-electron chi connectivity index (χ0n) is 12.6. The molecule has 4 heteroatoms. The highest BCUT2D eigenvalue weighted by Gasteiger charge is 2.29. The fraction of sp³-hybridized carbons (Fsp3) is 0.278. The van der Waals surface area contributed by atoms with E-state index < -0.39 is 0 Å². The first-order valence-corrected chi connectivity index (χ1v) is 7.91. The number of rotatable bonds is 2. The predicted octanol–water partition coefficient (Wildman–Crippen LogP) is 5.02. The monoisotopic (exact) mass is 314 g/mol. The number of nitrogens with one attached hydrogen (secondary N) is 1. The Bertz CT molecular complexity index is 652. The van der Waals surface area contributed by atoms with Gasteiger partial charge in [0.05, 0.1) is 6.04 Å². The van der Waals surface area contributed by atoms with E-state index in [1.54, 1.807) is 0 Å². The quantitative estimate of drug-likeness (QED) is 0.829. The number of anilines is 1. The summed E-state index contributed by atoms with van der Waals surface area (Å²) in [7, 11) is 0.